The lowest BCUT2D eigenvalue weighted by atomic mass is 10.1. The van der Waals surface area contributed by atoms with Crippen molar-refractivity contribution in [3.63, 3.8) is 0 Å². The van der Waals surface area contributed by atoms with E-state index in [0.717, 1.165) is 12.1 Å². The monoisotopic (exact) mass is 198 g/mol. The molecule has 0 unspecified atom stereocenters. The Balaban J connectivity index is 3.00. The number of carbonyl (C=O) groups is 1. The molecule has 0 aromatic heterocycles. The summed E-state index contributed by atoms with van der Waals surface area (Å²) in [4.78, 5) is 19.4. The van der Waals surface area contributed by atoms with E-state index >= 15 is 0 Å². The van der Waals surface area contributed by atoms with Gasteiger partial charge in [0.05, 0.1) is 4.92 Å². The van der Waals surface area contributed by atoms with E-state index in [0.29, 0.717) is 0 Å². The highest BCUT2D eigenvalue weighted by Crippen LogP contribution is 2.17. The third kappa shape index (κ3) is 2.25. The zero-order valence-corrected chi connectivity index (χ0v) is 6.90. The molecule has 0 amide bonds. The van der Waals surface area contributed by atoms with E-state index in [4.69, 9.17) is 0 Å². The fraction of sp³-hybridized carbons (Fsp3) is 0.125. The molecule has 74 valence electrons. The Kier molecular flexibility index (Phi) is 2.76. The molecule has 0 saturated heterocycles. The van der Waals surface area contributed by atoms with Gasteiger partial charge in [-0.2, -0.15) is 4.39 Å². The van der Waals surface area contributed by atoms with Crippen LogP contribution in [0.1, 0.15) is 5.56 Å². The highest BCUT2D eigenvalue weighted by atomic mass is 19.1. The summed E-state index contributed by atoms with van der Waals surface area (Å²) < 4.78 is 12.9. The number of benzene rings is 1. The van der Waals surface area contributed by atoms with Gasteiger partial charge in [0, 0.05) is 18.5 Å². The molecule has 1 rings (SSSR count). The number of nitro benzene ring substituents is 1. The minimum Gasteiger partial charge on any atom is -0.550 e. The number of carbonyl (C=O) groups excluding carboxylic acids is 1. The van der Waals surface area contributed by atoms with E-state index in [1.807, 2.05) is 0 Å². The van der Waals surface area contributed by atoms with Crippen LogP contribution in [0.3, 0.4) is 0 Å². The molecule has 0 heterocycles. The molecule has 0 radical (unpaired) electrons. The molecule has 6 heteroatoms. The molecule has 0 N–H and O–H groups in total. The van der Waals surface area contributed by atoms with Gasteiger partial charge in [-0.25, -0.2) is 0 Å². The number of nitro groups is 1. The first kappa shape index (κ1) is 10.1. The van der Waals surface area contributed by atoms with Gasteiger partial charge in [0.25, 0.3) is 0 Å². The van der Waals surface area contributed by atoms with Crippen molar-refractivity contribution in [1.29, 1.82) is 0 Å². The van der Waals surface area contributed by atoms with Crippen LogP contribution in [0.5, 0.6) is 0 Å². The van der Waals surface area contributed by atoms with Gasteiger partial charge in [-0.1, -0.05) is 6.07 Å². The highest BCUT2D eigenvalue weighted by Gasteiger charge is 2.13. The Morgan fingerprint density at radius 1 is 1.50 bits per heavy atom. The molecule has 0 spiro atoms. The first-order valence-corrected chi connectivity index (χ1v) is 3.63. The minimum atomic E-state index is -1.36. The Hall–Kier alpha value is -1.98. The normalized spacial score (nSPS) is 9.79. The largest absolute Gasteiger partial charge is 0.550 e. The average Bonchev–Trinajstić information content (AvgIpc) is 2.01. The van der Waals surface area contributed by atoms with Crippen LogP contribution in [0.2, 0.25) is 0 Å². The molecule has 0 bridgehead atoms. The summed E-state index contributed by atoms with van der Waals surface area (Å²) in [6.07, 6.45) is -0.463. The molecule has 0 aliphatic carbocycles. The number of carboxylic acid groups (broad SMARTS) is 1. The van der Waals surface area contributed by atoms with Crippen molar-refractivity contribution in [3.8, 4) is 0 Å². The topological polar surface area (TPSA) is 83.3 Å². The van der Waals surface area contributed by atoms with Crippen molar-refractivity contribution < 1.29 is 19.2 Å². The molecule has 0 aliphatic rings. The van der Waals surface area contributed by atoms with Gasteiger partial charge in [-0.05, 0) is 11.6 Å². The van der Waals surface area contributed by atoms with Gasteiger partial charge in [-0.3, -0.25) is 10.1 Å². The van der Waals surface area contributed by atoms with Gasteiger partial charge in [0.15, 0.2) is 0 Å². The Bertz CT molecular complexity index is 391. The summed E-state index contributed by atoms with van der Waals surface area (Å²) in [6, 6.07) is 2.92. The summed E-state index contributed by atoms with van der Waals surface area (Å²) in [5.74, 6) is -2.41. The van der Waals surface area contributed by atoms with E-state index < -0.39 is 28.8 Å². The molecule has 1 aromatic carbocycles. The third-order valence-electron chi connectivity index (χ3n) is 1.56. The molecular formula is C8H5FNO4-. The maximum Gasteiger partial charge on any atom is 0.304 e. The number of rotatable bonds is 3. The zero-order chi connectivity index (χ0) is 10.7. The standard InChI is InChI=1S/C8H6FNO4/c9-6-3-5(4-8(11)12)1-2-7(6)10(13)14/h1-3H,4H2,(H,11,12)/p-1. The van der Waals surface area contributed by atoms with Crippen molar-refractivity contribution in [2.24, 2.45) is 0 Å². The van der Waals surface area contributed by atoms with E-state index in [2.05, 4.69) is 0 Å². The molecule has 0 saturated carbocycles. The van der Waals surface area contributed by atoms with Crippen LogP contribution in [0, 0.1) is 15.9 Å². The van der Waals surface area contributed by atoms with Crippen molar-refractivity contribution in [2.75, 3.05) is 0 Å². The van der Waals surface area contributed by atoms with Gasteiger partial charge in [0.1, 0.15) is 0 Å². The molecule has 1 aromatic rings. The predicted molar refractivity (Wildman–Crippen MR) is 41.8 cm³/mol. The number of hydrogen-bond acceptors (Lipinski definition) is 4. The maximum absolute atomic E-state index is 12.9. The highest BCUT2D eigenvalue weighted by molar-refractivity contribution is 5.68. The number of hydrogen-bond donors (Lipinski definition) is 0. The van der Waals surface area contributed by atoms with Crippen molar-refractivity contribution in [1.82, 2.24) is 0 Å². The fourth-order valence-corrected chi connectivity index (χ4v) is 0.975. The van der Waals surface area contributed by atoms with Crippen LogP contribution < -0.4 is 5.11 Å². The molecule has 5 nitrogen and oxygen atoms in total. The second-order valence-electron chi connectivity index (χ2n) is 2.59. The van der Waals surface area contributed by atoms with Crippen LogP contribution in [-0.4, -0.2) is 10.9 Å². The fourth-order valence-electron chi connectivity index (χ4n) is 0.975. The summed E-state index contributed by atoms with van der Waals surface area (Å²) >= 11 is 0. The van der Waals surface area contributed by atoms with Crippen LogP contribution >= 0.6 is 0 Å². The minimum absolute atomic E-state index is 0.133. The average molecular weight is 198 g/mol. The number of aliphatic carboxylic acids is 1. The second-order valence-corrected chi connectivity index (χ2v) is 2.59. The summed E-state index contributed by atoms with van der Waals surface area (Å²) in [7, 11) is 0. The Labute approximate surface area is 77.9 Å². The molecule has 0 aliphatic heterocycles. The number of halogens is 1. The summed E-state index contributed by atoms with van der Waals surface area (Å²) in [6.45, 7) is 0. The van der Waals surface area contributed by atoms with Crippen molar-refractivity contribution >= 4 is 11.7 Å². The van der Waals surface area contributed by atoms with Gasteiger partial charge >= 0.3 is 5.69 Å². The lowest BCUT2D eigenvalue weighted by Crippen LogP contribution is -2.24. The number of carboxylic acids is 1. The zero-order valence-electron chi connectivity index (χ0n) is 6.90. The smallest absolute Gasteiger partial charge is 0.304 e. The predicted octanol–water partition coefficient (Wildman–Crippen LogP) is 0.0263. The van der Waals surface area contributed by atoms with Crippen LogP contribution in [0.25, 0.3) is 0 Å². The van der Waals surface area contributed by atoms with Crippen molar-refractivity contribution in [2.45, 2.75) is 6.42 Å². The third-order valence-corrected chi connectivity index (χ3v) is 1.56. The summed E-state index contributed by atoms with van der Waals surface area (Å²) in [5.41, 5.74) is -0.541. The van der Waals surface area contributed by atoms with Crippen molar-refractivity contribution in [3.05, 3.63) is 39.7 Å². The van der Waals surface area contributed by atoms with E-state index in [-0.39, 0.29) is 5.56 Å². The Morgan fingerprint density at radius 2 is 2.14 bits per heavy atom. The molecule has 0 atom stereocenters. The molecule has 0 fully saturated rings. The molecule has 14 heavy (non-hydrogen) atoms. The second kappa shape index (κ2) is 3.82. The lowest BCUT2D eigenvalue weighted by Gasteiger charge is -2.02. The van der Waals surface area contributed by atoms with Crippen LogP contribution in [0.15, 0.2) is 18.2 Å². The van der Waals surface area contributed by atoms with Gasteiger partial charge < -0.3 is 9.90 Å². The molecular weight excluding hydrogens is 193 g/mol. The quantitative estimate of drug-likeness (QED) is 0.506. The van der Waals surface area contributed by atoms with Crippen LogP contribution in [-0.2, 0) is 11.2 Å². The Morgan fingerprint density at radius 3 is 2.57 bits per heavy atom. The maximum atomic E-state index is 12.9. The van der Waals surface area contributed by atoms with E-state index in [1.165, 1.54) is 6.07 Å². The first-order valence-electron chi connectivity index (χ1n) is 3.63. The first-order chi connectivity index (χ1) is 6.50. The van der Waals surface area contributed by atoms with Gasteiger partial charge in [0.2, 0.25) is 5.82 Å². The van der Waals surface area contributed by atoms with Crippen LogP contribution in [0.4, 0.5) is 10.1 Å². The van der Waals surface area contributed by atoms with E-state index in [9.17, 15) is 24.4 Å². The number of nitrogens with zero attached hydrogens (tertiary/aromatic N) is 1. The SMILES string of the molecule is O=C([O-])Cc1ccc([N+](=O)[O-])c(F)c1. The summed E-state index contributed by atoms with van der Waals surface area (Å²) in [5, 5.41) is 20.3. The lowest BCUT2D eigenvalue weighted by molar-refractivity contribution is -0.387. The van der Waals surface area contributed by atoms with E-state index in [1.54, 1.807) is 0 Å². The van der Waals surface area contributed by atoms with Gasteiger partial charge in [-0.15, -0.1) is 0 Å².